The Kier molecular flexibility index (Phi) is 6.68. The summed E-state index contributed by atoms with van der Waals surface area (Å²) in [5, 5.41) is 3.25. The van der Waals surface area contributed by atoms with E-state index in [0.717, 1.165) is 23.9 Å². The van der Waals surface area contributed by atoms with Crippen LogP contribution < -0.4 is 5.32 Å². The van der Waals surface area contributed by atoms with Gasteiger partial charge in [0.15, 0.2) is 0 Å². The van der Waals surface area contributed by atoms with Crippen molar-refractivity contribution in [2.24, 2.45) is 17.8 Å². The first kappa shape index (κ1) is 24.0. The minimum Gasteiger partial charge on any atom is -0.353 e. The molecule has 1 aliphatic heterocycles. The summed E-state index contributed by atoms with van der Waals surface area (Å²) >= 11 is 0. The van der Waals surface area contributed by atoms with Gasteiger partial charge in [-0.15, -0.1) is 0 Å². The second-order valence-corrected chi connectivity index (χ2v) is 12.2. The number of fused-ring (bicyclic) bond motifs is 1. The molecule has 2 fully saturated rings. The fourth-order valence-corrected chi connectivity index (χ4v) is 7.04. The molecule has 0 radical (unpaired) electrons. The highest BCUT2D eigenvalue weighted by atomic mass is 32.2. The van der Waals surface area contributed by atoms with Crippen LogP contribution in [0.25, 0.3) is 22.4 Å². The molecule has 1 saturated carbocycles. The molecule has 2 aromatic carbocycles. The molecule has 2 heterocycles. The number of nitrogens with zero attached hydrogens (tertiary/aromatic N) is 2. The Morgan fingerprint density at radius 3 is 2.66 bits per heavy atom. The Morgan fingerprint density at radius 2 is 1.86 bits per heavy atom. The van der Waals surface area contributed by atoms with Gasteiger partial charge in [0.25, 0.3) is 0 Å². The summed E-state index contributed by atoms with van der Waals surface area (Å²) in [6.07, 6.45) is 4.73. The standard InChI is InChI=1S/C27H34N4O3S/c1-18-8-6-12-23(19(18)2)30-27(32)21-11-7-15-31(17-21)35(33,34)22-13-14-24-25(16-22)29-26(28-24)20-9-4-3-5-10-20/h3-5,9-10,13-14,16,18-19,21,23H,6-8,11-12,15,17H2,1-2H3,(H,28,29)(H,30,32)/t18-,19-,21-,23+/m1/s1. The van der Waals surface area contributed by atoms with E-state index in [1.807, 2.05) is 30.3 Å². The molecule has 0 bridgehead atoms. The SMILES string of the molecule is C[C@@H]1[C@H](C)CCC[C@@H]1NC(=O)[C@@H]1CCCN(S(=O)(=O)c2ccc3nc(-c4ccccc4)[nH]c3c2)C1. The molecule has 2 aliphatic rings. The number of imidazole rings is 1. The molecule has 1 aliphatic carbocycles. The molecule has 1 aromatic heterocycles. The lowest BCUT2D eigenvalue weighted by Gasteiger charge is -2.37. The monoisotopic (exact) mass is 494 g/mol. The molecule has 2 N–H and O–H groups in total. The molecular weight excluding hydrogens is 460 g/mol. The van der Waals surface area contributed by atoms with Crippen molar-refractivity contribution < 1.29 is 13.2 Å². The van der Waals surface area contributed by atoms with Gasteiger partial charge in [-0.25, -0.2) is 13.4 Å². The van der Waals surface area contributed by atoms with Gasteiger partial charge in [-0.2, -0.15) is 4.31 Å². The van der Waals surface area contributed by atoms with Crippen LogP contribution in [-0.2, 0) is 14.8 Å². The van der Waals surface area contributed by atoms with Gasteiger partial charge in [-0.3, -0.25) is 4.79 Å². The number of benzene rings is 2. The molecule has 186 valence electrons. The molecule has 0 spiro atoms. The van der Waals surface area contributed by atoms with Gasteiger partial charge in [-0.1, -0.05) is 57.0 Å². The average molecular weight is 495 g/mol. The number of carbonyl (C=O) groups excluding carboxylic acids is 1. The zero-order valence-corrected chi connectivity index (χ0v) is 21.2. The van der Waals surface area contributed by atoms with E-state index in [1.165, 1.54) is 10.7 Å². The van der Waals surface area contributed by atoms with E-state index in [0.29, 0.717) is 42.6 Å². The van der Waals surface area contributed by atoms with E-state index in [2.05, 4.69) is 29.1 Å². The van der Waals surface area contributed by atoms with Crippen LogP contribution in [-0.4, -0.2) is 47.7 Å². The second kappa shape index (κ2) is 9.74. The number of H-pyrrole nitrogens is 1. The van der Waals surface area contributed by atoms with E-state index < -0.39 is 10.0 Å². The molecule has 0 unspecified atom stereocenters. The fraction of sp³-hybridized carbons (Fsp3) is 0.481. The normalized spacial score (nSPS) is 26.0. The van der Waals surface area contributed by atoms with E-state index in [1.54, 1.807) is 18.2 Å². The van der Waals surface area contributed by atoms with E-state index >= 15 is 0 Å². The van der Waals surface area contributed by atoms with E-state index in [9.17, 15) is 13.2 Å². The molecule has 4 atom stereocenters. The molecular formula is C27H34N4O3S. The Hall–Kier alpha value is -2.71. The number of rotatable bonds is 5. The van der Waals surface area contributed by atoms with Crippen molar-refractivity contribution in [1.82, 2.24) is 19.6 Å². The quantitative estimate of drug-likeness (QED) is 0.543. The maximum absolute atomic E-state index is 13.5. The highest BCUT2D eigenvalue weighted by Gasteiger charge is 2.35. The summed E-state index contributed by atoms with van der Waals surface area (Å²) in [5.41, 5.74) is 2.34. The number of amides is 1. The molecule has 1 amide bonds. The third-order valence-corrected chi connectivity index (χ3v) is 9.79. The van der Waals surface area contributed by atoms with Gasteiger partial charge in [0.1, 0.15) is 5.82 Å². The second-order valence-electron chi connectivity index (χ2n) is 10.2. The largest absolute Gasteiger partial charge is 0.353 e. The minimum absolute atomic E-state index is 0.00706. The van der Waals surface area contributed by atoms with E-state index in [-0.39, 0.29) is 29.3 Å². The van der Waals surface area contributed by atoms with Crippen molar-refractivity contribution in [3.05, 3.63) is 48.5 Å². The summed E-state index contributed by atoms with van der Waals surface area (Å²) in [4.78, 5) is 21.2. The highest BCUT2D eigenvalue weighted by molar-refractivity contribution is 7.89. The number of hydrogen-bond acceptors (Lipinski definition) is 4. The Morgan fingerprint density at radius 1 is 1.06 bits per heavy atom. The summed E-state index contributed by atoms with van der Waals surface area (Å²) in [5.74, 6) is 1.42. The van der Waals surface area contributed by atoms with Gasteiger partial charge in [0.2, 0.25) is 15.9 Å². The zero-order valence-electron chi connectivity index (χ0n) is 20.4. The van der Waals surface area contributed by atoms with Crippen LogP contribution in [0, 0.1) is 17.8 Å². The summed E-state index contributed by atoms with van der Waals surface area (Å²) in [6.45, 7) is 5.11. The number of piperidine rings is 1. The van der Waals surface area contributed by atoms with Crippen molar-refractivity contribution >= 4 is 27.0 Å². The zero-order chi connectivity index (χ0) is 24.6. The topological polar surface area (TPSA) is 95.2 Å². The average Bonchev–Trinajstić information content (AvgIpc) is 3.31. The summed E-state index contributed by atoms with van der Waals surface area (Å²) < 4.78 is 28.5. The molecule has 3 aromatic rings. The highest BCUT2D eigenvalue weighted by Crippen LogP contribution is 2.31. The maximum atomic E-state index is 13.5. The maximum Gasteiger partial charge on any atom is 0.243 e. The molecule has 1 saturated heterocycles. The van der Waals surface area contributed by atoms with Crippen LogP contribution in [0.1, 0.15) is 46.0 Å². The molecule has 8 heteroatoms. The number of aromatic amines is 1. The minimum atomic E-state index is -3.72. The van der Waals surface area contributed by atoms with Crippen LogP contribution in [0.15, 0.2) is 53.4 Å². The first-order valence-corrected chi connectivity index (χ1v) is 14.1. The van der Waals surface area contributed by atoms with Crippen molar-refractivity contribution in [2.75, 3.05) is 13.1 Å². The van der Waals surface area contributed by atoms with Gasteiger partial charge in [0.05, 0.1) is 21.8 Å². The van der Waals surface area contributed by atoms with Crippen LogP contribution in [0.5, 0.6) is 0 Å². The Bertz CT molecular complexity index is 1300. The van der Waals surface area contributed by atoms with Crippen molar-refractivity contribution in [3.8, 4) is 11.4 Å². The van der Waals surface area contributed by atoms with Gasteiger partial charge in [-0.05, 0) is 49.3 Å². The lowest BCUT2D eigenvalue weighted by atomic mass is 9.78. The predicted octanol–water partition coefficient (Wildman–Crippen LogP) is 4.57. The summed E-state index contributed by atoms with van der Waals surface area (Å²) in [6, 6.07) is 14.9. The summed E-state index contributed by atoms with van der Waals surface area (Å²) in [7, 11) is -3.72. The lowest BCUT2D eigenvalue weighted by molar-refractivity contribution is -0.127. The number of sulfonamides is 1. The molecule has 35 heavy (non-hydrogen) atoms. The lowest BCUT2D eigenvalue weighted by Crippen LogP contribution is -2.50. The molecule has 5 rings (SSSR count). The number of hydrogen-bond donors (Lipinski definition) is 2. The number of aromatic nitrogens is 2. The van der Waals surface area contributed by atoms with Crippen LogP contribution >= 0.6 is 0 Å². The Labute approximate surface area is 207 Å². The van der Waals surface area contributed by atoms with E-state index in [4.69, 9.17) is 0 Å². The van der Waals surface area contributed by atoms with Crippen LogP contribution in [0.2, 0.25) is 0 Å². The Balaban J connectivity index is 1.32. The van der Waals surface area contributed by atoms with Crippen molar-refractivity contribution in [2.45, 2.75) is 56.9 Å². The fourth-order valence-electron chi connectivity index (χ4n) is 5.49. The number of nitrogens with one attached hydrogen (secondary N) is 2. The van der Waals surface area contributed by atoms with Gasteiger partial charge < -0.3 is 10.3 Å². The van der Waals surface area contributed by atoms with Crippen molar-refractivity contribution in [3.63, 3.8) is 0 Å². The van der Waals surface area contributed by atoms with Gasteiger partial charge >= 0.3 is 0 Å². The van der Waals surface area contributed by atoms with Crippen LogP contribution in [0.3, 0.4) is 0 Å². The predicted molar refractivity (Wildman–Crippen MR) is 137 cm³/mol. The van der Waals surface area contributed by atoms with Crippen molar-refractivity contribution in [1.29, 1.82) is 0 Å². The first-order valence-electron chi connectivity index (χ1n) is 12.7. The smallest absolute Gasteiger partial charge is 0.243 e. The molecule has 7 nitrogen and oxygen atoms in total. The van der Waals surface area contributed by atoms with Gasteiger partial charge in [0, 0.05) is 24.7 Å². The first-order chi connectivity index (χ1) is 16.8. The third-order valence-electron chi connectivity index (χ3n) is 7.93. The third kappa shape index (κ3) is 4.86. The van der Waals surface area contributed by atoms with Crippen LogP contribution in [0.4, 0.5) is 0 Å². The number of carbonyl (C=O) groups is 1.